The first-order valence-corrected chi connectivity index (χ1v) is 6.65. The van der Waals surface area contributed by atoms with Crippen LogP contribution in [0.2, 0.25) is 0 Å². The normalized spacial score (nSPS) is 10.3. The fourth-order valence-corrected chi connectivity index (χ4v) is 2.08. The van der Waals surface area contributed by atoms with Gasteiger partial charge in [0.05, 0.1) is 0 Å². The van der Waals surface area contributed by atoms with E-state index in [1.807, 2.05) is 6.92 Å². The minimum atomic E-state index is -0.373. The van der Waals surface area contributed by atoms with Crippen molar-refractivity contribution in [3.05, 3.63) is 58.3 Å². The topological polar surface area (TPSA) is 26.3 Å². The molecule has 0 aliphatic carbocycles. The highest BCUT2D eigenvalue weighted by Crippen LogP contribution is 2.26. The number of benzene rings is 2. The maximum atomic E-state index is 13.2. The summed E-state index contributed by atoms with van der Waals surface area (Å²) in [7, 11) is 0. The number of Topliss-reactive ketones (excluding diaryl/α,β-unsaturated/α-hetero) is 1. The Bertz CT molecular complexity index is 573. The van der Waals surface area contributed by atoms with Gasteiger partial charge >= 0.3 is 0 Å². The molecule has 0 saturated heterocycles. The van der Waals surface area contributed by atoms with Crippen molar-refractivity contribution in [3.8, 4) is 11.5 Å². The van der Waals surface area contributed by atoms with Gasteiger partial charge in [-0.05, 0) is 36.4 Å². The molecule has 0 aliphatic rings. The molecule has 2 aromatic rings. The second kappa shape index (κ2) is 5.97. The quantitative estimate of drug-likeness (QED) is 0.742. The van der Waals surface area contributed by atoms with Gasteiger partial charge in [-0.2, -0.15) is 0 Å². The van der Waals surface area contributed by atoms with Crippen LogP contribution in [-0.2, 0) is 0 Å². The van der Waals surface area contributed by atoms with Crippen molar-refractivity contribution >= 4 is 21.7 Å². The largest absolute Gasteiger partial charge is 0.457 e. The first-order chi connectivity index (χ1) is 9.08. The van der Waals surface area contributed by atoms with Gasteiger partial charge in [0, 0.05) is 22.5 Å². The van der Waals surface area contributed by atoms with E-state index >= 15 is 0 Å². The van der Waals surface area contributed by atoms with Crippen molar-refractivity contribution in [1.29, 1.82) is 0 Å². The molecule has 2 rings (SSSR count). The van der Waals surface area contributed by atoms with Crippen LogP contribution in [0.5, 0.6) is 11.5 Å². The maximum Gasteiger partial charge on any atom is 0.162 e. The van der Waals surface area contributed by atoms with Crippen LogP contribution in [0.4, 0.5) is 4.39 Å². The van der Waals surface area contributed by atoms with Crippen molar-refractivity contribution in [2.24, 2.45) is 0 Å². The van der Waals surface area contributed by atoms with Crippen molar-refractivity contribution in [3.63, 3.8) is 0 Å². The smallest absolute Gasteiger partial charge is 0.162 e. The summed E-state index contributed by atoms with van der Waals surface area (Å²) in [5.41, 5.74) is 0.648. The number of ketones is 1. The highest BCUT2D eigenvalue weighted by molar-refractivity contribution is 9.10. The second-order valence-electron chi connectivity index (χ2n) is 4.01. The molecule has 2 nitrogen and oxygen atoms in total. The monoisotopic (exact) mass is 322 g/mol. The summed E-state index contributed by atoms with van der Waals surface area (Å²) in [5.74, 6) is 0.675. The second-order valence-corrected chi connectivity index (χ2v) is 4.92. The zero-order valence-electron chi connectivity index (χ0n) is 10.3. The molecule has 0 amide bonds. The fraction of sp³-hybridized carbons (Fsp3) is 0.133. The molecule has 0 aromatic heterocycles. The Morgan fingerprint density at radius 1 is 1.16 bits per heavy atom. The van der Waals surface area contributed by atoms with Gasteiger partial charge in [-0.1, -0.05) is 22.9 Å². The summed E-state index contributed by atoms with van der Waals surface area (Å²) in [6, 6.07) is 11.1. The third-order valence-corrected chi connectivity index (χ3v) is 3.03. The maximum absolute atomic E-state index is 13.2. The summed E-state index contributed by atoms with van der Waals surface area (Å²) in [4.78, 5) is 11.5. The number of hydrogen-bond acceptors (Lipinski definition) is 2. The van der Waals surface area contributed by atoms with E-state index < -0.39 is 0 Å². The molecule has 0 heterocycles. The highest BCUT2D eigenvalue weighted by Gasteiger charge is 2.05. The van der Waals surface area contributed by atoms with E-state index in [4.69, 9.17) is 4.74 Å². The zero-order chi connectivity index (χ0) is 13.8. The number of carbonyl (C=O) groups excluding carboxylic acids is 1. The van der Waals surface area contributed by atoms with Crippen molar-refractivity contribution in [1.82, 2.24) is 0 Å². The van der Waals surface area contributed by atoms with E-state index in [9.17, 15) is 9.18 Å². The first kappa shape index (κ1) is 13.7. The molecule has 0 spiro atoms. The lowest BCUT2D eigenvalue weighted by atomic mass is 10.1. The Labute approximate surface area is 119 Å². The van der Waals surface area contributed by atoms with E-state index in [2.05, 4.69) is 15.9 Å². The Morgan fingerprint density at radius 2 is 1.84 bits per heavy atom. The summed E-state index contributed by atoms with van der Waals surface area (Å²) in [6.45, 7) is 1.82. The molecular formula is C15H12BrFO2. The molecule has 0 atom stereocenters. The molecule has 0 N–H and O–H groups in total. The Kier molecular flexibility index (Phi) is 4.32. The molecule has 0 saturated carbocycles. The zero-order valence-corrected chi connectivity index (χ0v) is 11.9. The van der Waals surface area contributed by atoms with E-state index in [0.717, 1.165) is 0 Å². The third kappa shape index (κ3) is 3.64. The molecule has 0 aliphatic heterocycles. The van der Waals surface area contributed by atoms with Gasteiger partial charge in [0.2, 0.25) is 0 Å². The van der Waals surface area contributed by atoms with Crippen LogP contribution < -0.4 is 4.74 Å². The minimum Gasteiger partial charge on any atom is -0.457 e. The standard InChI is InChI=1S/C15H12BrFO2/c1-2-15(18)10-3-5-13(6-4-10)19-14-8-11(16)7-12(17)9-14/h3-9H,2H2,1H3. The Balaban J connectivity index is 2.17. The van der Waals surface area contributed by atoms with Gasteiger partial charge in [0.1, 0.15) is 17.3 Å². The Morgan fingerprint density at radius 3 is 2.42 bits per heavy atom. The van der Waals surface area contributed by atoms with Gasteiger partial charge in [0.15, 0.2) is 5.78 Å². The molecule has 98 valence electrons. The van der Waals surface area contributed by atoms with E-state index in [1.165, 1.54) is 12.1 Å². The highest BCUT2D eigenvalue weighted by atomic mass is 79.9. The van der Waals surface area contributed by atoms with E-state index in [0.29, 0.717) is 28.0 Å². The molecule has 0 unspecified atom stereocenters. The van der Waals surface area contributed by atoms with Crippen LogP contribution in [0.15, 0.2) is 46.9 Å². The summed E-state index contributed by atoms with van der Waals surface area (Å²) >= 11 is 3.20. The van der Waals surface area contributed by atoms with Crippen molar-refractivity contribution in [2.45, 2.75) is 13.3 Å². The van der Waals surface area contributed by atoms with Gasteiger partial charge in [-0.15, -0.1) is 0 Å². The molecular weight excluding hydrogens is 311 g/mol. The van der Waals surface area contributed by atoms with Crippen molar-refractivity contribution < 1.29 is 13.9 Å². The first-order valence-electron chi connectivity index (χ1n) is 5.85. The number of carbonyl (C=O) groups is 1. The Hall–Kier alpha value is -1.68. The molecule has 2 aromatic carbocycles. The number of ether oxygens (including phenoxy) is 1. The molecule has 0 radical (unpaired) electrons. The lowest BCUT2D eigenvalue weighted by Gasteiger charge is -2.07. The molecule has 4 heteroatoms. The SMILES string of the molecule is CCC(=O)c1ccc(Oc2cc(F)cc(Br)c2)cc1. The number of halogens is 2. The summed E-state index contributed by atoms with van der Waals surface area (Å²) in [6.07, 6.45) is 0.469. The molecule has 19 heavy (non-hydrogen) atoms. The number of rotatable bonds is 4. The fourth-order valence-electron chi connectivity index (χ4n) is 1.64. The van der Waals surface area contributed by atoms with Gasteiger partial charge in [-0.3, -0.25) is 4.79 Å². The van der Waals surface area contributed by atoms with Crippen LogP contribution >= 0.6 is 15.9 Å². The third-order valence-electron chi connectivity index (χ3n) is 2.57. The predicted octanol–water partition coefficient (Wildman–Crippen LogP) is 4.97. The lowest BCUT2D eigenvalue weighted by Crippen LogP contribution is -1.95. The molecule has 0 bridgehead atoms. The number of hydrogen-bond donors (Lipinski definition) is 0. The van der Waals surface area contributed by atoms with Crippen molar-refractivity contribution in [2.75, 3.05) is 0 Å². The van der Waals surface area contributed by atoms with Gasteiger partial charge < -0.3 is 4.74 Å². The van der Waals surface area contributed by atoms with E-state index in [1.54, 1.807) is 30.3 Å². The molecule has 0 fully saturated rings. The van der Waals surface area contributed by atoms with Gasteiger partial charge in [-0.25, -0.2) is 4.39 Å². The van der Waals surface area contributed by atoms with Crippen LogP contribution in [0.1, 0.15) is 23.7 Å². The van der Waals surface area contributed by atoms with E-state index in [-0.39, 0.29) is 11.6 Å². The van der Waals surface area contributed by atoms with Crippen LogP contribution in [0.25, 0.3) is 0 Å². The van der Waals surface area contributed by atoms with Crippen LogP contribution in [0, 0.1) is 5.82 Å². The lowest BCUT2D eigenvalue weighted by molar-refractivity contribution is 0.0988. The summed E-state index contributed by atoms with van der Waals surface area (Å²) < 4.78 is 19.3. The summed E-state index contributed by atoms with van der Waals surface area (Å²) in [5, 5.41) is 0. The average molecular weight is 323 g/mol. The van der Waals surface area contributed by atoms with Crippen LogP contribution in [0.3, 0.4) is 0 Å². The van der Waals surface area contributed by atoms with Crippen LogP contribution in [-0.4, -0.2) is 5.78 Å². The average Bonchev–Trinajstić information content (AvgIpc) is 2.37. The minimum absolute atomic E-state index is 0.0834. The predicted molar refractivity (Wildman–Crippen MR) is 75.2 cm³/mol. The van der Waals surface area contributed by atoms with Gasteiger partial charge in [0.25, 0.3) is 0 Å².